The normalized spacial score (nSPS) is 24.0. The average molecular weight is 362 g/mol. The van der Waals surface area contributed by atoms with Gasteiger partial charge in [0.05, 0.1) is 5.04 Å². The molecule has 1 aliphatic rings. The van der Waals surface area contributed by atoms with Gasteiger partial charge >= 0.3 is 11.4 Å². The molecule has 2 atom stereocenters. The molecule has 0 saturated carbocycles. The summed E-state index contributed by atoms with van der Waals surface area (Å²) >= 11 is 0. The summed E-state index contributed by atoms with van der Waals surface area (Å²) in [5, 5.41) is 1.83. The second kappa shape index (κ2) is 5.38. The number of hydrogen-bond acceptors (Lipinski definition) is 3. The molecule has 0 N–H and O–H groups in total. The number of aryl methyl sites for hydroxylation is 1. The number of halogens is 6. The summed E-state index contributed by atoms with van der Waals surface area (Å²) in [4.78, 5) is 4.26. The Morgan fingerprint density at radius 1 is 1.09 bits per heavy atom. The number of aromatic nitrogens is 3. The highest BCUT2D eigenvalue weighted by Crippen LogP contribution is 2.64. The summed E-state index contributed by atoms with van der Waals surface area (Å²) < 4.78 is 82.7. The third kappa shape index (κ3) is 2.83. The van der Waals surface area contributed by atoms with Crippen LogP contribution >= 0.6 is 10.0 Å². The van der Waals surface area contributed by atoms with E-state index in [1.807, 2.05) is 0 Å². The maximum Gasteiger partial charge on any atom is 0.437 e. The zero-order chi connectivity index (χ0) is 17.8. The lowest BCUT2D eigenvalue weighted by Crippen LogP contribution is -2.34. The van der Waals surface area contributed by atoms with Crippen molar-refractivity contribution in [3.8, 4) is 0 Å². The molecule has 0 aliphatic carbocycles. The molecule has 0 amide bonds. The van der Waals surface area contributed by atoms with Crippen LogP contribution in [0.5, 0.6) is 0 Å². The lowest BCUT2D eigenvalue weighted by atomic mass is 10.1. The highest BCUT2D eigenvalue weighted by Gasteiger charge is 2.57. The van der Waals surface area contributed by atoms with Crippen LogP contribution in [0.1, 0.15) is 18.3 Å². The van der Waals surface area contributed by atoms with Crippen molar-refractivity contribution in [2.24, 2.45) is 18.0 Å². The zero-order valence-electron chi connectivity index (χ0n) is 12.8. The SMILES string of the molecule is CC1CN=C(S(C)(C)C(F)(F)c2nn(C)nc2C(F)(F)F)C1F. The molecule has 0 bridgehead atoms. The van der Waals surface area contributed by atoms with Gasteiger partial charge in [0.2, 0.25) is 0 Å². The van der Waals surface area contributed by atoms with Gasteiger partial charge in [-0.2, -0.15) is 31.8 Å². The minimum absolute atomic E-state index is 0.0373. The largest absolute Gasteiger partial charge is 0.437 e. The van der Waals surface area contributed by atoms with Gasteiger partial charge in [-0.1, -0.05) is 6.92 Å². The van der Waals surface area contributed by atoms with Gasteiger partial charge in [-0.3, -0.25) is 4.99 Å². The molecular formula is C12H16F6N4S. The van der Waals surface area contributed by atoms with Gasteiger partial charge in [0, 0.05) is 19.5 Å². The first kappa shape index (κ1) is 18.1. The van der Waals surface area contributed by atoms with Crippen LogP contribution in [-0.4, -0.2) is 45.3 Å². The van der Waals surface area contributed by atoms with E-state index in [2.05, 4.69) is 15.2 Å². The van der Waals surface area contributed by atoms with Crippen molar-refractivity contribution in [3.63, 3.8) is 0 Å². The summed E-state index contributed by atoms with van der Waals surface area (Å²) in [6, 6.07) is 0. The lowest BCUT2D eigenvalue weighted by molar-refractivity contribution is -0.143. The molecule has 1 aromatic rings. The van der Waals surface area contributed by atoms with E-state index in [4.69, 9.17) is 0 Å². The Kier molecular flexibility index (Phi) is 4.23. The molecular weight excluding hydrogens is 346 g/mol. The van der Waals surface area contributed by atoms with Crippen LogP contribution in [0.4, 0.5) is 26.3 Å². The zero-order valence-corrected chi connectivity index (χ0v) is 13.6. The van der Waals surface area contributed by atoms with Crippen LogP contribution in [0.3, 0.4) is 0 Å². The second-order valence-corrected chi connectivity index (χ2v) is 9.37. The molecule has 132 valence electrons. The molecule has 0 aromatic carbocycles. The Bertz CT molecular complexity index is 636. The Balaban J connectivity index is 2.54. The number of aliphatic imine (C=N–C) groups is 1. The predicted octanol–water partition coefficient (Wildman–Crippen LogP) is 3.33. The standard InChI is InChI=1S/C12H16F6N4S/c1-6-5-19-10(7(6)13)23(3,4)12(17,18)9-8(11(14,15)16)20-22(2)21-9/h6-7H,5H2,1-4H3. The monoisotopic (exact) mass is 362 g/mol. The molecule has 2 unspecified atom stereocenters. The van der Waals surface area contributed by atoms with E-state index in [0.29, 0.717) is 4.80 Å². The van der Waals surface area contributed by atoms with E-state index in [9.17, 15) is 26.3 Å². The van der Waals surface area contributed by atoms with Gasteiger partial charge in [0.15, 0.2) is 17.6 Å². The van der Waals surface area contributed by atoms with Crippen molar-refractivity contribution in [2.45, 2.75) is 24.5 Å². The van der Waals surface area contributed by atoms with E-state index in [1.54, 1.807) is 0 Å². The molecule has 0 radical (unpaired) electrons. The van der Waals surface area contributed by atoms with Crippen molar-refractivity contribution in [3.05, 3.63) is 11.4 Å². The Hall–Kier alpha value is -1.26. The van der Waals surface area contributed by atoms with Gasteiger partial charge in [-0.05, 0) is 12.5 Å². The van der Waals surface area contributed by atoms with Crippen LogP contribution in [0.2, 0.25) is 0 Å². The van der Waals surface area contributed by atoms with Crippen molar-refractivity contribution < 1.29 is 26.3 Å². The van der Waals surface area contributed by atoms with E-state index < -0.39 is 44.9 Å². The molecule has 2 heterocycles. The third-order valence-corrected chi connectivity index (χ3v) is 6.57. The van der Waals surface area contributed by atoms with E-state index in [0.717, 1.165) is 19.6 Å². The highest BCUT2D eigenvalue weighted by molar-refractivity contribution is 8.45. The molecule has 2 rings (SSSR count). The van der Waals surface area contributed by atoms with Gasteiger partial charge in [-0.15, -0.1) is 15.1 Å². The fourth-order valence-electron chi connectivity index (χ4n) is 2.27. The lowest BCUT2D eigenvalue weighted by Gasteiger charge is -2.39. The minimum atomic E-state index is -5.08. The molecule has 0 fully saturated rings. The maximum absolute atomic E-state index is 14.9. The number of alkyl halides is 6. The van der Waals surface area contributed by atoms with Crippen LogP contribution in [0, 0.1) is 5.92 Å². The number of hydrogen-bond donors (Lipinski definition) is 0. The summed E-state index contributed by atoms with van der Waals surface area (Å²) in [6.07, 6.45) is -4.68. The van der Waals surface area contributed by atoms with Crippen molar-refractivity contribution >= 4 is 15.1 Å². The van der Waals surface area contributed by atoms with E-state index in [-0.39, 0.29) is 11.6 Å². The first-order valence-electron chi connectivity index (χ1n) is 6.58. The molecule has 1 aliphatic heterocycles. The third-order valence-electron chi connectivity index (χ3n) is 3.69. The second-order valence-electron chi connectivity index (χ2n) is 5.79. The highest BCUT2D eigenvalue weighted by atomic mass is 32.3. The molecule has 0 spiro atoms. The summed E-state index contributed by atoms with van der Waals surface area (Å²) in [7, 11) is -2.30. The summed E-state index contributed by atoms with van der Waals surface area (Å²) in [6.45, 7) is 1.55. The fraction of sp³-hybridized carbons (Fsp3) is 0.750. The topological polar surface area (TPSA) is 43.1 Å². The van der Waals surface area contributed by atoms with Crippen molar-refractivity contribution in [2.75, 3.05) is 19.1 Å². The first-order chi connectivity index (χ1) is 10.3. The minimum Gasteiger partial charge on any atom is -0.281 e. The van der Waals surface area contributed by atoms with Crippen LogP contribution < -0.4 is 0 Å². The summed E-state index contributed by atoms with van der Waals surface area (Å²) in [5.41, 5.74) is -3.24. The van der Waals surface area contributed by atoms with Gasteiger partial charge < -0.3 is 0 Å². The number of nitrogens with zero attached hydrogens (tertiary/aromatic N) is 4. The maximum atomic E-state index is 14.9. The molecule has 23 heavy (non-hydrogen) atoms. The molecule has 4 nitrogen and oxygen atoms in total. The van der Waals surface area contributed by atoms with Crippen LogP contribution in [0.15, 0.2) is 4.99 Å². The van der Waals surface area contributed by atoms with Crippen molar-refractivity contribution in [1.82, 2.24) is 15.0 Å². The average Bonchev–Trinajstić information content (AvgIpc) is 2.94. The fourth-order valence-corrected chi connectivity index (χ4v) is 4.34. The Morgan fingerprint density at radius 3 is 2.04 bits per heavy atom. The van der Waals surface area contributed by atoms with Crippen LogP contribution in [-0.2, 0) is 18.5 Å². The van der Waals surface area contributed by atoms with Crippen molar-refractivity contribution in [1.29, 1.82) is 0 Å². The Labute approximate surface area is 130 Å². The molecule has 11 heteroatoms. The number of rotatable bonds is 2. The van der Waals surface area contributed by atoms with E-state index >= 15 is 0 Å². The molecule has 0 saturated heterocycles. The van der Waals surface area contributed by atoms with Crippen LogP contribution in [0.25, 0.3) is 0 Å². The summed E-state index contributed by atoms with van der Waals surface area (Å²) in [5.74, 6) is -0.573. The quantitative estimate of drug-likeness (QED) is 0.758. The predicted molar refractivity (Wildman–Crippen MR) is 75.7 cm³/mol. The van der Waals surface area contributed by atoms with Gasteiger partial charge in [-0.25, -0.2) is 4.39 Å². The first-order valence-corrected chi connectivity index (χ1v) is 9.03. The molecule has 1 aromatic heterocycles. The smallest absolute Gasteiger partial charge is 0.281 e. The Morgan fingerprint density at radius 2 is 1.61 bits per heavy atom. The van der Waals surface area contributed by atoms with E-state index in [1.165, 1.54) is 6.92 Å². The van der Waals surface area contributed by atoms with Gasteiger partial charge in [0.25, 0.3) is 0 Å². The van der Waals surface area contributed by atoms with Gasteiger partial charge in [0.1, 0.15) is 0 Å².